The normalized spacial score (nSPS) is 12.0. The largest absolute Gasteiger partial charge is 0.283 e. The number of thioether (sulfide) groups is 1. The molecule has 0 N–H and O–H groups in total. The minimum Gasteiger partial charge on any atom is -0.283 e. The molecule has 3 rings (SSSR count). The fourth-order valence-electron chi connectivity index (χ4n) is 2.63. The first kappa shape index (κ1) is 17.5. The number of rotatable bonds is 5. The second kappa shape index (κ2) is 7.26. The zero-order valence-corrected chi connectivity index (χ0v) is 15.7. The number of aromatic nitrogens is 2. The first-order valence-corrected chi connectivity index (χ1v) is 9.53. The maximum atomic E-state index is 13.1. The van der Waals surface area contributed by atoms with Gasteiger partial charge in [-0.15, -0.1) is 17.9 Å². The molecule has 6 heteroatoms. The first-order chi connectivity index (χ1) is 12.1. The minimum atomic E-state index is -0.282. The van der Waals surface area contributed by atoms with Crippen LogP contribution in [-0.2, 0) is 6.54 Å². The van der Waals surface area contributed by atoms with Gasteiger partial charge in [-0.3, -0.25) is 9.36 Å². The molecule has 2 heterocycles. The van der Waals surface area contributed by atoms with Crippen molar-refractivity contribution in [2.24, 2.45) is 0 Å². The lowest BCUT2D eigenvalue weighted by Gasteiger charge is -2.10. The van der Waals surface area contributed by atoms with Crippen molar-refractivity contribution in [2.45, 2.75) is 30.8 Å². The van der Waals surface area contributed by atoms with Crippen molar-refractivity contribution in [3.8, 4) is 16.5 Å². The van der Waals surface area contributed by atoms with Crippen LogP contribution in [0.4, 0.5) is 0 Å². The van der Waals surface area contributed by atoms with Gasteiger partial charge in [0.2, 0.25) is 0 Å². The van der Waals surface area contributed by atoms with Crippen molar-refractivity contribution in [3.63, 3.8) is 0 Å². The van der Waals surface area contributed by atoms with Crippen LogP contribution in [-0.4, -0.2) is 14.8 Å². The summed E-state index contributed by atoms with van der Waals surface area (Å²) in [6.45, 7) is 7.87. The molecule has 1 atom stereocenters. The molecule has 126 valence electrons. The van der Waals surface area contributed by atoms with E-state index in [0.29, 0.717) is 21.9 Å². The van der Waals surface area contributed by atoms with Gasteiger partial charge in [-0.1, -0.05) is 48.2 Å². The van der Waals surface area contributed by atoms with Gasteiger partial charge < -0.3 is 0 Å². The molecule has 3 aromatic rings. The Kier molecular flexibility index (Phi) is 5.07. The van der Waals surface area contributed by atoms with Gasteiger partial charge in [-0.05, 0) is 25.0 Å². The molecule has 0 aliphatic heterocycles. The predicted octanol–water partition coefficient (Wildman–Crippen LogP) is 4.62. The Balaban J connectivity index is 2.27. The standard InChI is InChI=1S/C19H17N3OS2/c1-4-10-22-18(23)15-13(3)16(14-8-6-5-7-9-14)25-17(15)21-19(22)24-12(2)11-20/h4-9,12H,1,10H2,2-3H3/t12-/m0/s1. The number of benzene rings is 1. The van der Waals surface area contributed by atoms with E-state index in [1.54, 1.807) is 17.6 Å². The zero-order valence-electron chi connectivity index (χ0n) is 14.0. The summed E-state index contributed by atoms with van der Waals surface area (Å²) in [4.78, 5) is 19.5. The summed E-state index contributed by atoms with van der Waals surface area (Å²) in [5, 5.41) is 10.0. The van der Waals surface area contributed by atoms with Crippen LogP contribution in [0.5, 0.6) is 0 Å². The van der Waals surface area contributed by atoms with Gasteiger partial charge in [0.25, 0.3) is 5.56 Å². The summed E-state index contributed by atoms with van der Waals surface area (Å²) in [7, 11) is 0. The van der Waals surface area contributed by atoms with Gasteiger partial charge in [-0.2, -0.15) is 5.26 Å². The Morgan fingerprint density at radius 1 is 1.44 bits per heavy atom. The Labute approximate surface area is 154 Å². The minimum absolute atomic E-state index is 0.0755. The molecule has 0 aliphatic rings. The van der Waals surface area contributed by atoms with Crippen molar-refractivity contribution in [3.05, 3.63) is 58.9 Å². The molecule has 1 aromatic carbocycles. The van der Waals surface area contributed by atoms with Crippen molar-refractivity contribution >= 4 is 33.3 Å². The molecule has 0 amide bonds. The zero-order chi connectivity index (χ0) is 18.0. The highest BCUT2D eigenvalue weighted by molar-refractivity contribution is 8.00. The van der Waals surface area contributed by atoms with Crippen LogP contribution in [0.3, 0.4) is 0 Å². The highest BCUT2D eigenvalue weighted by Crippen LogP contribution is 2.36. The lowest BCUT2D eigenvalue weighted by Crippen LogP contribution is -2.23. The van der Waals surface area contributed by atoms with E-state index in [2.05, 4.69) is 12.6 Å². The number of hydrogen-bond donors (Lipinski definition) is 0. The fraction of sp³-hybridized carbons (Fsp3) is 0.211. The average Bonchev–Trinajstić information content (AvgIpc) is 2.95. The van der Waals surface area contributed by atoms with Crippen LogP contribution < -0.4 is 5.56 Å². The van der Waals surface area contributed by atoms with Crippen molar-refractivity contribution in [1.29, 1.82) is 5.26 Å². The number of hydrogen-bond acceptors (Lipinski definition) is 5. The number of fused-ring (bicyclic) bond motifs is 1. The molecule has 0 spiro atoms. The van der Waals surface area contributed by atoms with Crippen LogP contribution in [0, 0.1) is 18.3 Å². The number of nitriles is 1. The molecule has 0 radical (unpaired) electrons. The lowest BCUT2D eigenvalue weighted by molar-refractivity contribution is 0.672. The van der Waals surface area contributed by atoms with Crippen LogP contribution in [0.15, 0.2) is 52.9 Å². The van der Waals surface area contributed by atoms with Gasteiger partial charge >= 0.3 is 0 Å². The van der Waals surface area contributed by atoms with Gasteiger partial charge in [0.15, 0.2) is 5.16 Å². The molecule has 0 bridgehead atoms. The number of aryl methyl sites for hydroxylation is 1. The summed E-state index contributed by atoms with van der Waals surface area (Å²) >= 11 is 2.82. The highest BCUT2D eigenvalue weighted by Gasteiger charge is 2.19. The first-order valence-electron chi connectivity index (χ1n) is 7.83. The monoisotopic (exact) mass is 367 g/mol. The topological polar surface area (TPSA) is 58.7 Å². The number of allylic oxidation sites excluding steroid dienone is 1. The third-order valence-electron chi connectivity index (χ3n) is 3.83. The molecule has 2 aromatic heterocycles. The van der Waals surface area contributed by atoms with Gasteiger partial charge in [-0.25, -0.2) is 4.98 Å². The molecular formula is C19H17N3OS2. The molecule has 25 heavy (non-hydrogen) atoms. The number of thiophene rings is 1. The average molecular weight is 367 g/mol. The van der Waals surface area contributed by atoms with Crippen molar-refractivity contribution in [1.82, 2.24) is 9.55 Å². The van der Waals surface area contributed by atoms with Gasteiger partial charge in [0.05, 0.1) is 16.7 Å². The molecule has 0 saturated carbocycles. The predicted molar refractivity (Wildman–Crippen MR) is 105 cm³/mol. The van der Waals surface area contributed by atoms with Crippen LogP contribution >= 0.6 is 23.1 Å². The molecule has 0 unspecified atom stereocenters. The second-order valence-electron chi connectivity index (χ2n) is 5.59. The maximum absolute atomic E-state index is 13.1. The molecule has 4 nitrogen and oxygen atoms in total. The number of nitrogens with zero attached hydrogens (tertiary/aromatic N) is 3. The third kappa shape index (κ3) is 3.26. The Hall–Kier alpha value is -2.36. The highest BCUT2D eigenvalue weighted by atomic mass is 32.2. The van der Waals surface area contributed by atoms with Gasteiger partial charge in [0, 0.05) is 11.4 Å². The summed E-state index contributed by atoms with van der Waals surface area (Å²) in [5.74, 6) is 0. The summed E-state index contributed by atoms with van der Waals surface area (Å²) in [6.07, 6.45) is 1.68. The summed E-state index contributed by atoms with van der Waals surface area (Å²) in [5.41, 5.74) is 1.96. The molecular weight excluding hydrogens is 350 g/mol. The Bertz CT molecular complexity index is 1030. The van der Waals surface area contributed by atoms with E-state index >= 15 is 0 Å². The van der Waals surface area contributed by atoms with Crippen molar-refractivity contribution in [2.75, 3.05) is 0 Å². The van der Waals surface area contributed by atoms with Gasteiger partial charge in [0.1, 0.15) is 4.83 Å². The van der Waals surface area contributed by atoms with Crippen LogP contribution in [0.25, 0.3) is 20.7 Å². The SMILES string of the molecule is C=CCn1c(S[C@@H](C)C#N)nc2sc(-c3ccccc3)c(C)c2c1=O. The molecule has 0 aliphatic carbocycles. The summed E-state index contributed by atoms with van der Waals surface area (Å²) in [6, 6.07) is 12.2. The summed E-state index contributed by atoms with van der Waals surface area (Å²) < 4.78 is 1.60. The van der Waals surface area contributed by atoms with Crippen molar-refractivity contribution < 1.29 is 0 Å². The fourth-order valence-corrected chi connectivity index (χ4v) is 4.66. The van der Waals surface area contributed by atoms with E-state index < -0.39 is 0 Å². The smallest absolute Gasteiger partial charge is 0.263 e. The van der Waals surface area contributed by atoms with E-state index in [-0.39, 0.29) is 10.8 Å². The maximum Gasteiger partial charge on any atom is 0.263 e. The van der Waals surface area contributed by atoms with E-state index in [1.165, 1.54) is 23.1 Å². The van der Waals surface area contributed by atoms with Crippen LogP contribution in [0.1, 0.15) is 12.5 Å². The molecule has 0 fully saturated rings. The lowest BCUT2D eigenvalue weighted by atomic mass is 10.1. The van der Waals surface area contributed by atoms with Crippen LogP contribution in [0.2, 0.25) is 0 Å². The van der Waals surface area contributed by atoms with E-state index in [1.807, 2.05) is 37.3 Å². The third-order valence-corrected chi connectivity index (χ3v) is 6.04. The second-order valence-corrected chi connectivity index (χ2v) is 7.90. The van der Waals surface area contributed by atoms with E-state index in [4.69, 9.17) is 10.2 Å². The Morgan fingerprint density at radius 2 is 2.16 bits per heavy atom. The quantitative estimate of drug-likeness (QED) is 0.375. The van der Waals surface area contributed by atoms with E-state index in [0.717, 1.165) is 16.0 Å². The molecule has 0 saturated heterocycles. The Morgan fingerprint density at radius 3 is 2.80 bits per heavy atom. The van der Waals surface area contributed by atoms with E-state index in [9.17, 15) is 4.79 Å².